The van der Waals surface area contributed by atoms with E-state index in [0.29, 0.717) is 28.0 Å². The first-order valence-electron chi connectivity index (χ1n) is 10.5. The third-order valence-electron chi connectivity index (χ3n) is 5.26. The van der Waals surface area contributed by atoms with E-state index in [1.807, 2.05) is 44.2 Å². The molecule has 2 aromatic heterocycles. The number of benzene rings is 2. The zero-order chi connectivity index (χ0) is 23.8. The topological polar surface area (TPSA) is 97.2 Å². The molecule has 0 bridgehead atoms. The summed E-state index contributed by atoms with van der Waals surface area (Å²) in [5.41, 5.74) is 3.12. The Labute approximate surface area is 192 Å². The third-order valence-corrected chi connectivity index (χ3v) is 7.09. The van der Waals surface area contributed by atoms with Gasteiger partial charge >= 0.3 is 0 Å². The number of carbonyl (C=O) groups is 1. The van der Waals surface area contributed by atoms with Crippen LogP contribution in [0.3, 0.4) is 0 Å². The maximum Gasteiger partial charge on any atom is 0.256 e. The Balaban J connectivity index is 1.73. The molecule has 0 saturated carbocycles. The summed E-state index contributed by atoms with van der Waals surface area (Å²) in [7, 11) is -0.596. The maximum atomic E-state index is 13.3. The number of hydrogen-bond donors (Lipinski definition) is 1. The van der Waals surface area contributed by atoms with Crippen molar-refractivity contribution in [2.24, 2.45) is 0 Å². The van der Waals surface area contributed by atoms with E-state index in [-0.39, 0.29) is 16.8 Å². The van der Waals surface area contributed by atoms with Crippen LogP contribution in [0.5, 0.6) is 0 Å². The van der Waals surface area contributed by atoms with Crippen LogP contribution in [0.15, 0.2) is 71.8 Å². The molecule has 9 heteroatoms. The molecule has 33 heavy (non-hydrogen) atoms. The van der Waals surface area contributed by atoms with Crippen molar-refractivity contribution in [3.05, 3.63) is 72.4 Å². The molecule has 0 aliphatic heterocycles. The molecule has 4 rings (SSSR count). The number of aromatic nitrogens is 3. The SMILES string of the molecule is CC(C)n1ncc2c(C(=O)Nc3ccc(S(=O)(=O)N(C)C)cc3)cc(-c3ccccc3)nc21. The second-order valence-corrected chi connectivity index (χ2v) is 10.3. The van der Waals surface area contributed by atoms with Gasteiger partial charge in [0.25, 0.3) is 5.91 Å². The first-order valence-corrected chi connectivity index (χ1v) is 11.9. The van der Waals surface area contributed by atoms with Crippen LogP contribution in [0.1, 0.15) is 30.2 Å². The second kappa shape index (κ2) is 8.76. The van der Waals surface area contributed by atoms with Crippen LogP contribution in [0.2, 0.25) is 0 Å². The van der Waals surface area contributed by atoms with Gasteiger partial charge in [-0.05, 0) is 44.2 Å². The van der Waals surface area contributed by atoms with E-state index in [2.05, 4.69) is 10.4 Å². The number of nitrogens with one attached hydrogen (secondary N) is 1. The molecule has 1 N–H and O–H groups in total. The largest absolute Gasteiger partial charge is 0.322 e. The summed E-state index contributed by atoms with van der Waals surface area (Å²) in [6, 6.07) is 17.6. The highest BCUT2D eigenvalue weighted by molar-refractivity contribution is 7.89. The van der Waals surface area contributed by atoms with Crippen molar-refractivity contribution in [3.8, 4) is 11.3 Å². The number of pyridine rings is 1. The summed E-state index contributed by atoms with van der Waals surface area (Å²) < 4.78 is 27.5. The Hall–Kier alpha value is -3.56. The van der Waals surface area contributed by atoms with Crippen molar-refractivity contribution in [3.63, 3.8) is 0 Å². The van der Waals surface area contributed by atoms with Crippen LogP contribution >= 0.6 is 0 Å². The average molecular weight is 464 g/mol. The Morgan fingerprint density at radius 1 is 1.03 bits per heavy atom. The summed E-state index contributed by atoms with van der Waals surface area (Å²) >= 11 is 0. The maximum absolute atomic E-state index is 13.3. The van der Waals surface area contributed by atoms with Gasteiger partial charge in [0, 0.05) is 31.4 Å². The number of nitrogens with zero attached hydrogens (tertiary/aromatic N) is 4. The number of fused-ring (bicyclic) bond motifs is 1. The van der Waals surface area contributed by atoms with Crippen molar-refractivity contribution in [2.45, 2.75) is 24.8 Å². The fourth-order valence-corrected chi connectivity index (χ4v) is 4.36. The fourth-order valence-electron chi connectivity index (χ4n) is 3.46. The first-order chi connectivity index (χ1) is 15.7. The van der Waals surface area contributed by atoms with Crippen LogP contribution in [-0.4, -0.2) is 47.5 Å². The molecule has 4 aromatic rings. The van der Waals surface area contributed by atoms with Gasteiger partial charge in [-0.2, -0.15) is 5.10 Å². The molecular weight excluding hydrogens is 438 g/mol. The lowest BCUT2D eigenvalue weighted by molar-refractivity contribution is 0.102. The molecule has 0 atom stereocenters. The Bertz CT molecular complexity index is 1410. The van der Waals surface area contributed by atoms with E-state index in [4.69, 9.17) is 4.98 Å². The predicted molar refractivity (Wildman–Crippen MR) is 129 cm³/mol. The van der Waals surface area contributed by atoms with Gasteiger partial charge in [-0.1, -0.05) is 30.3 Å². The van der Waals surface area contributed by atoms with E-state index < -0.39 is 10.0 Å². The zero-order valence-corrected chi connectivity index (χ0v) is 19.7. The Kier molecular flexibility index (Phi) is 6.01. The van der Waals surface area contributed by atoms with Gasteiger partial charge in [-0.25, -0.2) is 22.4 Å². The number of rotatable bonds is 6. The minimum absolute atomic E-state index is 0.0723. The highest BCUT2D eigenvalue weighted by Crippen LogP contribution is 2.27. The van der Waals surface area contributed by atoms with Crippen LogP contribution in [0, 0.1) is 0 Å². The summed E-state index contributed by atoms with van der Waals surface area (Å²) in [6.07, 6.45) is 1.65. The molecule has 1 amide bonds. The van der Waals surface area contributed by atoms with Gasteiger partial charge in [0.05, 0.1) is 27.7 Å². The van der Waals surface area contributed by atoms with Gasteiger partial charge < -0.3 is 5.32 Å². The number of hydrogen-bond acceptors (Lipinski definition) is 5. The van der Waals surface area contributed by atoms with Crippen LogP contribution in [0.25, 0.3) is 22.3 Å². The predicted octanol–water partition coefficient (Wildman–Crippen LogP) is 4.18. The molecule has 170 valence electrons. The standard InChI is InChI=1S/C24H25N5O3S/c1-16(2)29-23-21(15-25-29)20(14-22(27-23)17-8-6-5-7-9-17)24(30)26-18-10-12-19(13-11-18)33(31,32)28(3)4/h5-16H,1-4H3,(H,26,30). The van der Waals surface area contributed by atoms with Gasteiger partial charge in [-0.3, -0.25) is 4.79 Å². The Morgan fingerprint density at radius 3 is 2.30 bits per heavy atom. The summed E-state index contributed by atoms with van der Waals surface area (Å²) in [4.78, 5) is 18.2. The van der Waals surface area contributed by atoms with Crippen molar-refractivity contribution in [1.82, 2.24) is 19.1 Å². The van der Waals surface area contributed by atoms with E-state index in [1.165, 1.54) is 26.2 Å². The van der Waals surface area contributed by atoms with Crippen molar-refractivity contribution < 1.29 is 13.2 Å². The third kappa shape index (κ3) is 4.37. The average Bonchev–Trinajstić information content (AvgIpc) is 3.23. The van der Waals surface area contributed by atoms with Crippen LogP contribution in [-0.2, 0) is 10.0 Å². The molecule has 0 aliphatic rings. The zero-order valence-electron chi connectivity index (χ0n) is 18.9. The van der Waals surface area contributed by atoms with Crippen molar-refractivity contribution >= 4 is 32.7 Å². The number of carbonyl (C=O) groups excluding carboxylic acids is 1. The Morgan fingerprint density at radius 2 is 1.70 bits per heavy atom. The molecule has 0 aliphatic carbocycles. The number of sulfonamides is 1. The smallest absolute Gasteiger partial charge is 0.256 e. The number of anilines is 1. The van der Waals surface area contributed by atoms with Crippen molar-refractivity contribution in [2.75, 3.05) is 19.4 Å². The lowest BCUT2D eigenvalue weighted by Gasteiger charge is -2.13. The molecule has 0 saturated heterocycles. The highest BCUT2D eigenvalue weighted by Gasteiger charge is 2.20. The monoisotopic (exact) mass is 463 g/mol. The highest BCUT2D eigenvalue weighted by atomic mass is 32.2. The number of amides is 1. The minimum atomic E-state index is -3.54. The molecule has 0 unspecified atom stereocenters. The molecular formula is C24H25N5O3S. The van der Waals surface area contributed by atoms with E-state index in [9.17, 15) is 13.2 Å². The van der Waals surface area contributed by atoms with Gasteiger partial charge in [0.15, 0.2) is 5.65 Å². The lowest BCUT2D eigenvalue weighted by Crippen LogP contribution is -2.22. The molecule has 0 spiro atoms. The van der Waals surface area contributed by atoms with Gasteiger partial charge in [0.2, 0.25) is 10.0 Å². The van der Waals surface area contributed by atoms with Gasteiger partial charge in [0.1, 0.15) is 0 Å². The normalized spacial score (nSPS) is 11.9. The van der Waals surface area contributed by atoms with E-state index in [0.717, 1.165) is 9.87 Å². The lowest BCUT2D eigenvalue weighted by atomic mass is 10.1. The minimum Gasteiger partial charge on any atom is -0.322 e. The molecule has 0 radical (unpaired) electrons. The summed E-state index contributed by atoms with van der Waals surface area (Å²) in [6.45, 7) is 4.01. The van der Waals surface area contributed by atoms with E-state index >= 15 is 0 Å². The fraction of sp³-hybridized carbons (Fsp3) is 0.208. The van der Waals surface area contributed by atoms with Crippen LogP contribution < -0.4 is 5.32 Å². The molecule has 2 heterocycles. The second-order valence-electron chi connectivity index (χ2n) is 8.11. The first kappa shape index (κ1) is 22.6. The van der Waals surface area contributed by atoms with Crippen molar-refractivity contribution in [1.29, 1.82) is 0 Å². The molecule has 8 nitrogen and oxygen atoms in total. The van der Waals surface area contributed by atoms with Crippen LogP contribution in [0.4, 0.5) is 5.69 Å². The quantitative estimate of drug-likeness (QED) is 0.463. The van der Waals surface area contributed by atoms with E-state index in [1.54, 1.807) is 29.1 Å². The van der Waals surface area contributed by atoms with Gasteiger partial charge in [-0.15, -0.1) is 0 Å². The summed E-state index contributed by atoms with van der Waals surface area (Å²) in [5.74, 6) is -0.328. The molecule has 0 fully saturated rings. The summed E-state index contributed by atoms with van der Waals surface area (Å²) in [5, 5.41) is 7.95. The molecule has 2 aromatic carbocycles.